The maximum absolute atomic E-state index is 15.6. The summed E-state index contributed by atoms with van der Waals surface area (Å²) < 4.78 is 64.0. The van der Waals surface area contributed by atoms with Crippen molar-refractivity contribution in [1.82, 2.24) is 35.7 Å². The van der Waals surface area contributed by atoms with Gasteiger partial charge in [-0.15, -0.1) is 0 Å². The van der Waals surface area contributed by atoms with Gasteiger partial charge >= 0.3 is 0 Å². The van der Waals surface area contributed by atoms with Crippen LogP contribution in [0.15, 0.2) is 65.8 Å². The molecule has 2 aromatic heterocycles. The lowest BCUT2D eigenvalue weighted by Crippen LogP contribution is -2.48. The highest BCUT2D eigenvalue weighted by Crippen LogP contribution is 2.38. The van der Waals surface area contributed by atoms with Crippen LogP contribution in [0.2, 0.25) is 0 Å². The third-order valence-corrected chi connectivity index (χ3v) is 19.5. The first-order valence-electron chi connectivity index (χ1n) is 29.3. The molecule has 0 bridgehead atoms. The number of carbonyl (C=O) groups excluding carboxylic acids is 4. The van der Waals surface area contributed by atoms with Crippen molar-refractivity contribution >= 4 is 66.0 Å². The number of likely N-dealkylation sites (tertiary alicyclic amines) is 1. The van der Waals surface area contributed by atoms with Crippen LogP contribution < -0.4 is 30.7 Å². The number of halogens is 1. The lowest BCUT2D eigenvalue weighted by Gasteiger charge is -2.39. The van der Waals surface area contributed by atoms with Crippen molar-refractivity contribution in [2.75, 3.05) is 63.6 Å². The van der Waals surface area contributed by atoms with E-state index in [0.717, 1.165) is 106 Å². The van der Waals surface area contributed by atoms with Gasteiger partial charge in [-0.05, 0) is 157 Å². The Morgan fingerprint density at radius 1 is 0.838 bits per heavy atom. The van der Waals surface area contributed by atoms with Crippen LogP contribution in [-0.2, 0) is 38.7 Å². The molecule has 0 spiro atoms. The molecule has 0 unspecified atom stereocenters. The third kappa shape index (κ3) is 16.2. The van der Waals surface area contributed by atoms with Crippen molar-refractivity contribution in [2.45, 2.75) is 170 Å². The Morgan fingerprint density at radius 2 is 1.57 bits per heavy atom. The zero-order chi connectivity index (χ0) is 56.0. The van der Waals surface area contributed by atoms with E-state index in [-0.39, 0.29) is 77.5 Å². The molecule has 5 fully saturated rings. The van der Waals surface area contributed by atoms with Crippen LogP contribution >= 0.6 is 11.3 Å². The van der Waals surface area contributed by atoms with E-state index < -0.39 is 26.7 Å². The largest absolute Gasteiger partial charge is 0.493 e. The van der Waals surface area contributed by atoms with Gasteiger partial charge in [0.05, 0.1) is 47.6 Å². The number of sulfonamides is 1. The lowest BCUT2D eigenvalue weighted by molar-refractivity contribution is -0.128. The number of anilines is 2. The minimum Gasteiger partial charge on any atom is -0.493 e. The van der Waals surface area contributed by atoms with Crippen molar-refractivity contribution in [1.29, 1.82) is 0 Å². The summed E-state index contributed by atoms with van der Waals surface area (Å²) in [7, 11) is -0.440. The van der Waals surface area contributed by atoms with Crippen LogP contribution in [0.3, 0.4) is 0 Å². The van der Waals surface area contributed by atoms with Crippen LogP contribution in [0.4, 0.5) is 15.2 Å². The summed E-state index contributed by atoms with van der Waals surface area (Å²) in [6, 6.07) is 13.4. The number of thiazole rings is 1. The SMILES string of the molecule is CN(CCCNC(=O)C1CCC(NC(=O)CCCOC2CCC(OCCNC(=O)[C@H]3CC(=O)N(C)[C@@H]3c3cccnc3)CC2)CC1)[C@H]1CCCC[C@@H]1Nc1ccc(S(=O)(=O)Nc2nc3ccc(OCC4CCCC4)cc3s2)c(F)c1. The molecule has 18 nitrogen and oxygen atoms in total. The Kier molecular flexibility index (Phi) is 21.1. The maximum atomic E-state index is 15.6. The van der Waals surface area contributed by atoms with E-state index in [1.807, 2.05) is 30.3 Å². The fraction of sp³-hybridized carbons (Fsp3) is 0.627. The number of benzene rings is 2. The number of hydrogen-bond acceptors (Lipinski definition) is 14. The van der Waals surface area contributed by atoms with E-state index >= 15 is 4.39 Å². The van der Waals surface area contributed by atoms with Crippen molar-refractivity contribution in [3.63, 3.8) is 0 Å². The van der Waals surface area contributed by atoms with Crippen molar-refractivity contribution in [3.05, 3.63) is 72.3 Å². The summed E-state index contributed by atoms with van der Waals surface area (Å²) in [6.07, 6.45) is 20.9. The fourth-order valence-corrected chi connectivity index (χ4v) is 14.8. The van der Waals surface area contributed by atoms with Gasteiger partial charge in [-0.25, -0.2) is 17.8 Å². The van der Waals surface area contributed by atoms with E-state index in [1.54, 1.807) is 30.4 Å². The third-order valence-electron chi connectivity index (χ3n) is 17.1. The van der Waals surface area contributed by atoms with Gasteiger partial charge in [0.1, 0.15) is 16.5 Å². The molecule has 80 heavy (non-hydrogen) atoms. The molecule has 21 heteroatoms. The number of aromatic nitrogens is 2. The molecule has 5 N–H and O–H groups in total. The topological polar surface area (TPSA) is 223 Å². The van der Waals surface area contributed by atoms with Crippen molar-refractivity contribution in [3.8, 4) is 5.75 Å². The lowest BCUT2D eigenvalue weighted by atomic mass is 9.85. The van der Waals surface area contributed by atoms with Gasteiger partial charge in [-0.3, -0.25) is 28.9 Å². The smallest absolute Gasteiger partial charge is 0.266 e. The quantitative estimate of drug-likeness (QED) is 0.0373. The summed E-state index contributed by atoms with van der Waals surface area (Å²) in [5.74, 6) is -0.224. The molecular formula is C59H82FN9O9S2. The normalized spacial score (nSPS) is 24.7. The molecule has 4 aromatic rings. The molecule has 0 radical (unpaired) electrons. The Hall–Kier alpha value is -5.48. The zero-order valence-electron chi connectivity index (χ0n) is 46.5. The second-order valence-electron chi connectivity index (χ2n) is 22.8. The average molecular weight is 1140 g/mol. The summed E-state index contributed by atoms with van der Waals surface area (Å²) in [6.45, 7) is 3.29. The summed E-state index contributed by atoms with van der Waals surface area (Å²) in [5, 5.41) is 13.0. The van der Waals surface area contributed by atoms with Crippen LogP contribution in [-0.4, -0.2) is 136 Å². The van der Waals surface area contributed by atoms with Crippen molar-refractivity contribution in [2.24, 2.45) is 17.8 Å². The summed E-state index contributed by atoms with van der Waals surface area (Å²) in [4.78, 5) is 63.7. The predicted molar refractivity (Wildman–Crippen MR) is 306 cm³/mol. The van der Waals surface area contributed by atoms with Crippen LogP contribution in [0.1, 0.15) is 140 Å². The Bertz CT molecular complexity index is 2810. The number of hydrogen-bond donors (Lipinski definition) is 5. The number of ether oxygens (including phenoxy) is 3. The number of carbonyl (C=O) groups is 4. The first-order valence-corrected chi connectivity index (χ1v) is 31.6. The van der Waals surface area contributed by atoms with Gasteiger partial charge in [0.2, 0.25) is 23.6 Å². The number of rotatable bonds is 26. The van der Waals surface area contributed by atoms with E-state index in [1.165, 1.54) is 49.2 Å². The van der Waals surface area contributed by atoms with Gasteiger partial charge in [0.15, 0.2) is 5.13 Å². The molecule has 9 rings (SSSR count). The number of amides is 4. The molecule has 1 aliphatic heterocycles. The monoisotopic (exact) mass is 1140 g/mol. The molecule has 4 atom stereocenters. The molecule has 5 aliphatic rings. The number of fused-ring (bicyclic) bond motifs is 1. The number of likely N-dealkylation sites (N-methyl/N-ethyl adjacent to an activating group) is 1. The Labute approximate surface area is 474 Å². The minimum atomic E-state index is -4.25. The molecule has 436 valence electrons. The standard InChI is InChI=1S/C59H82FN9O9S2/c1-68(51-14-6-5-13-49(51)64-43-20-27-53(48(60)34-43)80(74,75)67-59-66-50-26-25-46(35-52(50)79-59)78-38-39-10-3-4-11-39)31-9-29-62-57(72)40-16-18-42(19-17-40)65-54(70)15-8-32-76-44-21-23-45(24-22-44)77-33-30-63-58(73)47-36-55(71)69(2)56(47)41-12-7-28-61-37-41/h7,12,20,25-28,34-35,37,39-40,42,44-45,47,49,51,56,64H,3-6,8-11,13-19,21-24,29-33,36,38H2,1-2H3,(H,62,72)(H,63,73)(H,65,70)(H,66,67)/t40?,42?,44?,45?,47-,49-,51-,56+/m0/s1. The highest BCUT2D eigenvalue weighted by Gasteiger charge is 2.43. The maximum Gasteiger partial charge on any atom is 0.266 e. The fourth-order valence-electron chi connectivity index (χ4n) is 12.6. The van der Waals surface area contributed by atoms with Crippen LogP contribution in [0.5, 0.6) is 5.75 Å². The molecule has 4 amide bonds. The highest BCUT2D eigenvalue weighted by molar-refractivity contribution is 7.93. The first-order chi connectivity index (χ1) is 38.8. The van der Waals surface area contributed by atoms with Crippen LogP contribution in [0, 0.1) is 23.6 Å². The predicted octanol–water partition coefficient (Wildman–Crippen LogP) is 8.50. The van der Waals surface area contributed by atoms with Gasteiger partial charge in [0, 0.05) is 81.7 Å². The van der Waals surface area contributed by atoms with Gasteiger partial charge in [-0.1, -0.05) is 43.1 Å². The average Bonchev–Trinajstić information content (AvgIpc) is 4.26. The zero-order valence-corrected chi connectivity index (χ0v) is 48.1. The van der Waals surface area contributed by atoms with Crippen molar-refractivity contribution < 1.29 is 46.2 Å². The highest BCUT2D eigenvalue weighted by atomic mass is 32.2. The molecule has 3 heterocycles. The Balaban J connectivity index is 0.604. The molecule has 4 aliphatic carbocycles. The second kappa shape index (κ2) is 28.5. The van der Waals surface area contributed by atoms with E-state index in [9.17, 15) is 27.6 Å². The van der Waals surface area contributed by atoms with Gasteiger partial charge in [-0.2, -0.15) is 0 Å². The number of pyridine rings is 1. The molecule has 1 saturated heterocycles. The van der Waals surface area contributed by atoms with Gasteiger partial charge in [0.25, 0.3) is 10.0 Å². The van der Waals surface area contributed by atoms with Gasteiger partial charge < -0.3 is 45.3 Å². The minimum absolute atomic E-state index is 0.0177. The number of nitrogens with zero attached hydrogens (tertiary/aromatic N) is 4. The van der Waals surface area contributed by atoms with E-state index in [4.69, 9.17) is 14.2 Å². The molecular weight excluding hydrogens is 1060 g/mol. The second-order valence-corrected chi connectivity index (χ2v) is 25.5. The summed E-state index contributed by atoms with van der Waals surface area (Å²) in [5.41, 5.74) is 2.00. The number of nitrogens with one attached hydrogen (secondary N) is 5. The molecule has 2 aromatic carbocycles. The Morgan fingerprint density at radius 3 is 2.33 bits per heavy atom. The van der Waals surface area contributed by atoms with Crippen LogP contribution in [0.25, 0.3) is 10.2 Å². The first kappa shape index (κ1) is 59.2. The molecule has 4 saturated carbocycles. The summed E-state index contributed by atoms with van der Waals surface area (Å²) >= 11 is 1.18. The van der Waals surface area contributed by atoms with E-state index in [2.05, 4.69) is 47.9 Å². The van der Waals surface area contributed by atoms with E-state index in [0.29, 0.717) is 62.9 Å².